The van der Waals surface area contributed by atoms with Gasteiger partial charge in [-0.3, -0.25) is 0 Å². The van der Waals surface area contributed by atoms with E-state index in [1.54, 1.807) is 0 Å². The minimum absolute atomic E-state index is 0.201. The van der Waals surface area contributed by atoms with Crippen LogP contribution in [0.3, 0.4) is 0 Å². The Labute approximate surface area is 122 Å². The molecule has 0 atom stereocenters. The van der Waals surface area contributed by atoms with Crippen LogP contribution in [-0.2, 0) is 21.5 Å². The summed E-state index contributed by atoms with van der Waals surface area (Å²) < 4.78 is 33.3. The summed E-state index contributed by atoms with van der Waals surface area (Å²) in [5.74, 6) is 5.36. The Bertz CT molecular complexity index is 594. The SMILES string of the molecule is O=S(=O)(NCc1sccc1C#CCO)N1CCOCC1. The van der Waals surface area contributed by atoms with Gasteiger partial charge in [-0.15, -0.1) is 11.3 Å². The molecule has 0 saturated carbocycles. The average molecular weight is 316 g/mol. The first kappa shape index (κ1) is 15.4. The van der Waals surface area contributed by atoms with Crippen molar-refractivity contribution in [2.45, 2.75) is 6.54 Å². The van der Waals surface area contributed by atoms with Crippen molar-refractivity contribution in [1.82, 2.24) is 9.03 Å². The van der Waals surface area contributed by atoms with Gasteiger partial charge in [-0.05, 0) is 11.4 Å². The predicted molar refractivity (Wildman–Crippen MR) is 76.4 cm³/mol. The third-order valence-electron chi connectivity index (χ3n) is 2.77. The standard InChI is InChI=1S/C12H16N2O4S2/c15-6-1-2-11-3-9-19-12(11)10-13-20(16,17)14-4-7-18-8-5-14/h3,9,13,15H,4-8,10H2. The molecular formula is C12H16N2O4S2. The lowest BCUT2D eigenvalue weighted by atomic mass is 10.2. The van der Waals surface area contributed by atoms with E-state index in [0.717, 1.165) is 10.4 Å². The van der Waals surface area contributed by atoms with E-state index in [1.807, 2.05) is 11.4 Å². The van der Waals surface area contributed by atoms with E-state index >= 15 is 0 Å². The van der Waals surface area contributed by atoms with Gasteiger partial charge < -0.3 is 9.84 Å². The van der Waals surface area contributed by atoms with Crippen molar-refractivity contribution < 1.29 is 18.3 Å². The summed E-state index contributed by atoms with van der Waals surface area (Å²) >= 11 is 1.43. The summed E-state index contributed by atoms with van der Waals surface area (Å²) in [6, 6.07) is 1.81. The molecule has 2 heterocycles. The zero-order chi connectivity index (χ0) is 14.4. The number of nitrogens with one attached hydrogen (secondary N) is 1. The number of hydrogen-bond acceptors (Lipinski definition) is 5. The zero-order valence-electron chi connectivity index (χ0n) is 10.8. The minimum atomic E-state index is -3.48. The maximum absolute atomic E-state index is 12.1. The number of morpholine rings is 1. The molecule has 6 nitrogen and oxygen atoms in total. The molecule has 0 radical (unpaired) electrons. The van der Waals surface area contributed by atoms with Crippen LogP contribution in [0, 0.1) is 11.8 Å². The van der Waals surface area contributed by atoms with Crippen LogP contribution >= 0.6 is 11.3 Å². The summed E-state index contributed by atoms with van der Waals surface area (Å²) in [6.07, 6.45) is 0. The third kappa shape index (κ3) is 4.02. The lowest BCUT2D eigenvalue weighted by Crippen LogP contribution is -2.46. The molecule has 8 heteroatoms. The van der Waals surface area contributed by atoms with E-state index in [1.165, 1.54) is 15.6 Å². The second kappa shape index (κ2) is 7.17. The monoisotopic (exact) mass is 316 g/mol. The van der Waals surface area contributed by atoms with Crippen LogP contribution in [0.25, 0.3) is 0 Å². The summed E-state index contributed by atoms with van der Waals surface area (Å²) in [5, 5.41) is 10.5. The number of aliphatic hydroxyl groups is 1. The Kier molecular flexibility index (Phi) is 5.54. The molecule has 1 aromatic rings. The molecule has 1 saturated heterocycles. The smallest absolute Gasteiger partial charge is 0.279 e. The summed E-state index contributed by atoms with van der Waals surface area (Å²) in [7, 11) is -3.48. The quantitative estimate of drug-likeness (QED) is 0.752. The van der Waals surface area contributed by atoms with E-state index in [-0.39, 0.29) is 13.2 Å². The van der Waals surface area contributed by atoms with E-state index in [4.69, 9.17) is 9.84 Å². The van der Waals surface area contributed by atoms with Crippen molar-refractivity contribution in [3.63, 3.8) is 0 Å². The normalized spacial score (nSPS) is 16.6. The molecule has 0 unspecified atom stereocenters. The highest BCUT2D eigenvalue weighted by atomic mass is 32.2. The second-order valence-corrected chi connectivity index (χ2v) is 6.81. The number of nitrogens with zero attached hydrogens (tertiary/aromatic N) is 1. The number of thiophene rings is 1. The van der Waals surface area contributed by atoms with Crippen LogP contribution in [0.5, 0.6) is 0 Å². The molecule has 0 aromatic carbocycles. The molecule has 1 fully saturated rings. The van der Waals surface area contributed by atoms with E-state index < -0.39 is 10.2 Å². The fourth-order valence-corrected chi connectivity index (χ4v) is 3.76. The van der Waals surface area contributed by atoms with Crippen molar-refractivity contribution in [3.8, 4) is 11.8 Å². The highest BCUT2D eigenvalue weighted by Gasteiger charge is 2.23. The number of rotatable bonds is 4. The summed E-state index contributed by atoms with van der Waals surface area (Å²) in [6.45, 7) is 1.58. The van der Waals surface area contributed by atoms with Gasteiger partial charge in [0.1, 0.15) is 6.61 Å². The molecule has 1 aliphatic rings. The Morgan fingerprint density at radius 3 is 2.90 bits per heavy atom. The molecule has 1 aromatic heterocycles. The first-order chi connectivity index (χ1) is 9.63. The highest BCUT2D eigenvalue weighted by molar-refractivity contribution is 7.87. The van der Waals surface area contributed by atoms with Crippen LogP contribution in [0.4, 0.5) is 0 Å². The van der Waals surface area contributed by atoms with Crippen LogP contribution in [0.1, 0.15) is 10.4 Å². The molecule has 2 N–H and O–H groups in total. The largest absolute Gasteiger partial charge is 0.384 e. The molecule has 0 bridgehead atoms. The Hall–Kier alpha value is -0.950. The molecule has 0 aliphatic carbocycles. The molecule has 110 valence electrons. The van der Waals surface area contributed by atoms with Crippen LogP contribution < -0.4 is 4.72 Å². The lowest BCUT2D eigenvalue weighted by molar-refractivity contribution is 0.0725. The first-order valence-corrected chi connectivity index (χ1v) is 8.44. The third-order valence-corrected chi connectivity index (χ3v) is 5.25. The van der Waals surface area contributed by atoms with Crippen molar-refractivity contribution in [1.29, 1.82) is 0 Å². The van der Waals surface area contributed by atoms with Gasteiger partial charge in [0.2, 0.25) is 0 Å². The number of aliphatic hydroxyl groups excluding tert-OH is 1. The van der Waals surface area contributed by atoms with Gasteiger partial charge in [-0.1, -0.05) is 11.8 Å². The van der Waals surface area contributed by atoms with Crippen molar-refractivity contribution >= 4 is 21.5 Å². The van der Waals surface area contributed by atoms with Gasteiger partial charge in [-0.25, -0.2) is 0 Å². The predicted octanol–water partition coefficient (Wildman–Crippen LogP) is -0.241. The molecule has 0 spiro atoms. The van der Waals surface area contributed by atoms with E-state index in [0.29, 0.717) is 26.3 Å². The zero-order valence-corrected chi connectivity index (χ0v) is 12.5. The van der Waals surface area contributed by atoms with E-state index in [2.05, 4.69) is 16.6 Å². The van der Waals surface area contributed by atoms with Gasteiger partial charge in [0, 0.05) is 30.1 Å². The van der Waals surface area contributed by atoms with Crippen LogP contribution in [-0.4, -0.2) is 50.7 Å². The molecular weight excluding hydrogens is 300 g/mol. The average Bonchev–Trinajstić information content (AvgIpc) is 2.91. The van der Waals surface area contributed by atoms with Crippen molar-refractivity contribution in [2.75, 3.05) is 32.9 Å². The topological polar surface area (TPSA) is 78.9 Å². The minimum Gasteiger partial charge on any atom is -0.384 e. The Morgan fingerprint density at radius 2 is 2.20 bits per heavy atom. The summed E-state index contributed by atoms with van der Waals surface area (Å²) in [4.78, 5) is 0.836. The van der Waals surface area contributed by atoms with Crippen LogP contribution in [0.2, 0.25) is 0 Å². The molecule has 1 aliphatic heterocycles. The van der Waals surface area contributed by atoms with Gasteiger partial charge in [-0.2, -0.15) is 17.4 Å². The Morgan fingerprint density at radius 1 is 1.45 bits per heavy atom. The number of hydrogen-bond donors (Lipinski definition) is 2. The fraction of sp³-hybridized carbons (Fsp3) is 0.500. The van der Waals surface area contributed by atoms with Crippen molar-refractivity contribution in [2.24, 2.45) is 0 Å². The maximum Gasteiger partial charge on any atom is 0.279 e. The fourth-order valence-electron chi connectivity index (χ4n) is 1.76. The van der Waals surface area contributed by atoms with Gasteiger partial charge in [0.15, 0.2) is 0 Å². The summed E-state index contributed by atoms with van der Waals surface area (Å²) in [5.41, 5.74) is 0.744. The molecule has 2 rings (SSSR count). The second-order valence-electron chi connectivity index (χ2n) is 4.05. The van der Waals surface area contributed by atoms with E-state index in [9.17, 15) is 8.42 Å². The van der Waals surface area contributed by atoms with Gasteiger partial charge in [0.25, 0.3) is 10.2 Å². The van der Waals surface area contributed by atoms with Gasteiger partial charge >= 0.3 is 0 Å². The highest BCUT2D eigenvalue weighted by Crippen LogP contribution is 2.16. The maximum atomic E-state index is 12.1. The molecule has 0 amide bonds. The Balaban J connectivity index is 1.99. The lowest BCUT2D eigenvalue weighted by Gasteiger charge is -2.25. The van der Waals surface area contributed by atoms with Crippen molar-refractivity contribution in [3.05, 3.63) is 21.9 Å². The first-order valence-electron chi connectivity index (χ1n) is 6.12. The molecule has 20 heavy (non-hydrogen) atoms. The van der Waals surface area contributed by atoms with Crippen LogP contribution in [0.15, 0.2) is 11.4 Å². The van der Waals surface area contributed by atoms with Gasteiger partial charge in [0.05, 0.1) is 13.2 Å². The number of ether oxygens (including phenoxy) is 1.